The van der Waals surface area contributed by atoms with Crippen LogP contribution in [0.2, 0.25) is 0 Å². The van der Waals surface area contributed by atoms with Crippen LogP contribution in [-0.2, 0) is 4.74 Å². The molecule has 1 rings (SSSR count). The lowest BCUT2D eigenvalue weighted by atomic mass is 10.1. The Balaban J connectivity index is 2.78. The molecule has 5 heteroatoms. The molecule has 0 aliphatic heterocycles. The molecule has 0 heterocycles. The smallest absolute Gasteiger partial charge is 0.405 e. The number of rotatable bonds is 4. The van der Waals surface area contributed by atoms with Gasteiger partial charge in [0.15, 0.2) is 0 Å². The highest BCUT2D eigenvalue weighted by Crippen LogP contribution is 2.23. The predicted molar refractivity (Wildman–Crippen MR) is 58.1 cm³/mol. The summed E-state index contributed by atoms with van der Waals surface area (Å²) in [6, 6.07) is 7.11. The van der Waals surface area contributed by atoms with Crippen molar-refractivity contribution in [2.45, 2.75) is 12.5 Å². The van der Waals surface area contributed by atoms with Crippen LogP contribution < -0.4 is 5.73 Å². The number of amides is 1. The summed E-state index contributed by atoms with van der Waals surface area (Å²) in [5.41, 5.74) is 5.63. The molecular formula is C10H11BrFNO2. The maximum Gasteiger partial charge on any atom is 0.405 e. The zero-order chi connectivity index (χ0) is 11.3. The Morgan fingerprint density at radius 1 is 1.47 bits per heavy atom. The minimum absolute atomic E-state index is 0.116. The van der Waals surface area contributed by atoms with Gasteiger partial charge in [-0.1, -0.05) is 28.1 Å². The Morgan fingerprint density at radius 2 is 2.07 bits per heavy atom. The van der Waals surface area contributed by atoms with Gasteiger partial charge >= 0.3 is 6.09 Å². The Kier molecular flexibility index (Phi) is 4.55. The Bertz CT molecular complexity index is 329. The van der Waals surface area contributed by atoms with Crippen molar-refractivity contribution in [1.29, 1.82) is 0 Å². The first kappa shape index (κ1) is 12.0. The number of ether oxygens (including phenoxy) is 1. The molecule has 15 heavy (non-hydrogen) atoms. The van der Waals surface area contributed by atoms with E-state index in [2.05, 4.69) is 15.9 Å². The topological polar surface area (TPSA) is 52.3 Å². The van der Waals surface area contributed by atoms with Crippen LogP contribution in [0.4, 0.5) is 9.18 Å². The van der Waals surface area contributed by atoms with Gasteiger partial charge in [0, 0.05) is 10.9 Å². The molecule has 1 amide bonds. The fraction of sp³-hybridized carbons (Fsp3) is 0.300. The molecular weight excluding hydrogens is 265 g/mol. The number of hydrogen-bond acceptors (Lipinski definition) is 2. The molecule has 0 bridgehead atoms. The molecule has 1 aromatic carbocycles. The lowest BCUT2D eigenvalue weighted by Gasteiger charge is -2.15. The summed E-state index contributed by atoms with van der Waals surface area (Å²) < 4.78 is 17.9. The number of halogens is 2. The first-order valence-electron chi connectivity index (χ1n) is 4.41. The van der Waals surface area contributed by atoms with Crippen molar-refractivity contribution in [3.8, 4) is 0 Å². The van der Waals surface area contributed by atoms with Crippen LogP contribution >= 0.6 is 15.9 Å². The summed E-state index contributed by atoms with van der Waals surface area (Å²) >= 11 is 3.28. The molecule has 0 fully saturated rings. The maximum absolute atomic E-state index is 12.2. The fourth-order valence-corrected chi connectivity index (χ4v) is 1.47. The number of benzene rings is 1. The Labute approximate surface area is 95.5 Å². The SMILES string of the molecule is NC(=O)O[C@@H](CCF)c1ccc(Br)cc1. The van der Waals surface area contributed by atoms with Gasteiger partial charge in [-0.05, 0) is 17.7 Å². The molecule has 1 aromatic rings. The Morgan fingerprint density at radius 3 is 2.53 bits per heavy atom. The quantitative estimate of drug-likeness (QED) is 0.919. The molecule has 3 nitrogen and oxygen atoms in total. The number of hydrogen-bond donors (Lipinski definition) is 1. The van der Waals surface area contributed by atoms with Gasteiger partial charge < -0.3 is 10.5 Å². The highest BCUT2D eigenvalue weighted by Gasteiger charge is 2.14. The van der Waals surface area contributed by atoms with Crippen LogP contribution in [0.15, 0.2) is 28.7 Å². The second-order valence-electron chi connectivity index (χ2n) is 2.95. The van der Waals surface area contributed by atoms with Gasteiger partial charge in [0.1, 0.15) is 6.10 Å². The van der Waals surface area contributed by atoms with Gasteiger partial charge in [0.05, 0.1) is 6.67 Å². The summed E-state index contributed by atoms with van der Waals surface area (Å²) in [5, 5.41) is 0. The van der Waals surface area contributed by atoms with Crippen molar-refractivity contribution < 1.29 is 13.9 Å². The van der Waals surface area contributed by atoms with Crippen molar-refractivity contribution in [3.63, 3.8) is 0 Å². The van der Waals surface area contributed by atoms with E-state index in [1.165, 1.54) is 0 Å². The number of carbonyl (C=O) groups is 1. The molecule has 0 unspecified atom stereocenters. The molecule has 0 aliphatic carbocycles. The highest BCUT2D eigenvalue weighted by atomic mass is 79.9. The second kappa shape index (κ2) is 5.70. The summed E-state index contributed by atoms with van der Waals surface area (Å²) in [6.45, 7) is -0.561. The zero-order valence-corrected chi connectivity index (χ0v) is 9.54. The van der Waals surface area contributed by atoms with Crippen LogP contribution in [-0.4, -0.2) is 12.8 Å². The number of carbonyl (C=O) groups excluding carboxylic acids is 1. The van der Waals surface area contributed by atoms with Gasteiger partial charge in [-0.2, -0.15) is 0 Å². The molecule has 2 N–H and O–H groups in total. The van der Waals surface area contributed by atoms with E-state index in [-0.39, 0.29) is 6.42 Å². The zero-order valence-electron chi connectivity index (χ0n) is 7.95. The second-order valence-corrected chi connectivity index (χ2v) is 3.87. The van der Waals surface area contributed by atoms with Crippen molar-refractivity contribution in [2.75, 3.05) is 6.67 Å². The van der Waals surface area contributed by atoms with Crippen molar-refractivity contribution in [2.24, 2.45) is 5.73 Å². The lowest BCUT2D eigenvalue weighted by Crippen LogP contribution is -2.17. The minimum Gasteiger partial charge on any atom is -0.441 e. The molecule has 0 radical (unpaired) electrons. The van der Waals surface area contributed by atoms with Crippen molar-refractivity contribution >= 4 is 22.0 Å². The first-order chi connectivity index (χ1) is 7.13. The number of alkyl halides is 1. The minimum atomic E-state index is -0.892. The third kappa shape index (κ3) is 3.87. The molecule has 0 saturated carbocycles. The standard InChI is InChI=1S/C10H11BrFNO2/c11-8-3-1-7(2-4-8)9(5-6-12)15-10(13)14/h1-4,9H,5-6H2,(H2,13,14)/t9-/m0/s1. The van der Waals surface area contributed by atoms with Crippen LogP contribution in [0.25, 0.3) is 0 Å². The molecule has 0 spiro atoms. The predicted octanol–water partition coefficient (Wildman–Crippen LogP) is 2.95. The van der Waals surface area contributed by atoms with Gasteiger partial charge in [-0.15, -0.1) is 0 Å². The largest absolute Gasteiger partial charge is 0.441 e. The monoisotopic (exact) mass is 275 g/mol. The first-order valence-corrected chi connectivity index (χ1v) is 5.20. The maximum atomic E-state index is 12.2. The number of primary amides is 1. The van der Waals surface area contributed by atoms with Crippen LogP contribution in [0.1, 0.15) is 18.1 Å². The van der Waals surface area contributed by atoms with E-state index < -0.39 is 18.9 Å². The summed E-state index contributed by atoms with van der Waals surface area (Å²) in [5.74, 6) is 0. The molecule has 82 valence electrons. The average molecular weight is 276 g/mol. The van der Waals surface area contributed by atoms with E-state index in [9.17, 15) is 9.18 Å². The van der Waals surface area contributed by atoms with E-state index in [1.807, 2.05) is 0 Å². The van der Waals surface area contributed by atoms with Crippen molar-refractivity contribution in [1.82, 2.24) is 0 Å². The van der Waals surface area contributed by atoms with Gasteiger partial charge in [-0.25, -0.2) is 4.79 Å². The average Bonchev–Trinajstić information content (AvgIpc) is 2.17. The van der Waals surface area contributed by atoms with E-state index in [1.54, 1.807) is 24.3 Å². The third-order valence-corrected chi connectivity index (χ3v) is 2.40. The van der Waals surface area contributed by atoms with Gasteiger partial charge in [-0.3, -0.25) is 4.39 Å². The Hall–Kier alpha value is -1.10. The van der Waals surface area contributed by atoms with Gasteiger partial charge in [0.25, 0.3) is 0 Å². The summed E-state index contributed by atoms with van der Waals surface area (Å²) in [7, 11) is 0. The van der Waals surface area contributed by atoms with E-state index >= 15 is 0 Å². The molecule has 0 saturated heterocycles. The van der Waals surface area contributed by atoms with E-state index in [0.717, 1.165) is 10.0 Å². The summed E-state index contributed by atoms with van der Waals surface area (Å²) in [4.78, 5) is 10.6. The third-order valence-electron chi connectivity index (χ3n) is 1.87. The lowest BCUT2D eigenvalue weighted by molar-refractivity contribution is 0.0965. The normalized spacial score (nSPS) is 12.1. The summed E-state index contributed by atoms with van der Waals surface area (Å²) in [6.07, 6.45) is -1.39. The van der Waals surface area contributed by atoms with Crippen LogP contribution in [0, 0.1) is 0 Å². The molecule has 0 aromatic heterocycles. The van der Waals surface area contributed by atoms with E-state index in [4.69, 9.17) is 10.5 Å². The molecule has 0 aliphatic rings. The van der Waals surface area contributed by atoms with Crippen molar-refractivity contribution in [3.05, 3.63) is 34.3 Å². The molecule has 1 atom stereocenters. The van der Waals surface area contributed by atoms with Crippen LogP contribution in [0.5, 0.6) is 0 Å². The number of nitrogens with two attached hydrogens (primary N) is 1. The van der Waals surface area contributed by atoms with Gasteiger partial charge in [0.2, 0.25) is 0 Å². The van der Waals surface area contributed by atoms with E-state index in [0.29, 0.717) is 0 Å². The van der Waals surface area contributed by atoms with Crippen LogP contribution in [0.3, 0.4) is 0 Å². The fourth-order valence-electron chi connectivity index (χ4n) is 1.21. The highest BCUT2D eigenvalue weighted by molar-refractivity contribution is 9.10.